The van der Waals surface area contributed by atoms with Crippen LogP contribution in [0, 0.1) is 5.41 Å². The monoisotopic (exact) mass is 285 g/mol. The van der Waals surface area contributed by atoms with Gasteiger partial charge in [0.1, 0.15) is 4.60 Å². The Labute approximate surface area is 104 Å². The fraction of sp³-hybridized carbons (Fsp3) is 0.455. The molecule has 0 aliphatic rings. The van der Waals surface area contributed by atoms with Gasteiger partial charge in [0, 0.05) is 6.20 Å². The molecule has 0 fully saturated rings. The molecule has 0 bridgehead atoms. The van der Waals surface area contributed by atoms with Crippen molar-refractivity contribution >= 4 is 27.5 Å². The highest BCUT2D eigenvalue weighted by molar-refractivity contribution is 9.10. The number of rotatable bonds is 2. The first-order chi connectivity index (χ1) is 7.32. The fourth-order valence-corrected chi connectivity index (χ4v) is 1.43. The number of carbonyl (C=O) groups is 1. The normalized spacial score (nSPS) is 13.3. The molecule has 3 N–H and O–H groups in total. The van der Waals surface area contributed by atoms with Gasteiger partial charge in [0.25, 0.3) is 0 Å². The molecule has 4 nitrogen and oxygen atoms in total. The van der Waals surface area contributed by atoms with Crippen LogP contribution in [-0.4, -0.2) is 16.9 Å². The molecular formula is C11H16BrN3O. The number of anilines is 1. The predicted molar refractivity (Wildman–Crippen MR) is 68.0 cm³/mol. The minimum Gasteiger partial charge on any atom is -0.322 e. The van der Waals surface area contributed by atoms with Crippen LogP contribution in [0.4, 0.5) is 5.69 Å². The molecule has 0 spiro atoms. The van der Waals surface area contributed by atoms with Crippen LogP contribution in [0.25, 0.3) is 0 Å². The van der Waals surface area contributed by atoms with Crippen LogP contribution >= 0.6 is 15.9 Å². The van der Waals surface area contributed by atoms with Gasteiger partial charge in [0.15, 0.2) is 0 Å². The van der Waals surface area contributed by atoms with E-state index < -0.39 is 6.04 Å². The number of nitrogens with one attached hydrogen (secondary N) is 1. The lowest BCUT2D eigenvalue weighted by molar-refractivity contribution is -0.119. The van der Waals surface area contributed by atoms with Gasteiger partial charge >= 0.3 is 0 Å². The summed E-state index contributed by atoms with van der Waals surface area (Å²) in [5, 5.41) is 2.74. The summed E-state index contributed by atoms with van der Waals surface area (Å²) in [5.41, 5.74) is 6.21. The molecule has 0 aliphatic carbocycles. The number of hydrogen-bond donors (Lipinski definition) is 2. The van der Waals surface area contributed by atoms with Gasteiger partial charge < -0.3 is 11.1 Å². The van der Waals surface area contributed by atoms with Crippen molar-refractivity contribution in [3.63, 3.8) is 0 Å². The standard InChI is InChI=1S/C11H16BrN3O/c1-11(2,3)8(13)10(16)15-7-5-4-6-14-9(7)12/h4-6,8H,13H2,1-3H3,(H,15,16)/t8-/m1/s1. The maximum Gasteiger partial charge on any atom is 0.241 e. The average molecular weight is 286 g/mol. The zero-order chi connectivity index (χ0) is 12.3. The first-order valence-corrected chi connectivity index (χ1v) is 5.78. The van der Waals surface area contributed by atoms with E-state index >= 15 is 0 Å². The third-order valence-corrected chi connectivity index (χ3v) is 2.86. The summed E-state index contributed by atoms with van der Waals surface area (Å²) >= 11 is 3.26. The van der Waals surface area contributed by atoms with Gasteiger partial charge in [-0.25, -0.2) is 4.98 Å². The topological polar surface area (TPSA) is 68.0 Å². The highest BCUT2D eigenvalue weighted by atomic mass is 79.9. The fourth-order valence-electron chi connectivity index (χ4n) is 1.08. The number of carbonyl (C=O) groups excluding carboxylic acids is 1. The molecule has 5 heteroatoms. The van der Waals surface area contributed by atoms with Crippen LogP contribution in [0.1, 0.15) is 20.8 Å². The van der Waals surface area contributed by atoms with E-state index in [2.05, 4.69) is 26.2 Å². The van der Waals surface area contributed by atoms with Gasteiger partial charge in [-0.2, -0.15) is 0 Å². The number of nitrogens with zero attached hydrogens (tertiary/aromatic N) is 1. The Morgan fingerprint density at radius 2 is 2.19 bits per heavy atom. The summed E-state index contributed by atoms with van der Waals surface area (Å²) in [5.74, 6) is -0.207. The second kappa shape index (κ2) is 4.93. The molecule has 1 amide bonds. The Morgan fingerprint density at radius 3 is 2.69 bits per heavy atom. The summed E-state index contributed by atoms with van der Waals surface area (Å²) in [7, 11) is 0. The van der Waals surface area contributed by atoms with E-state index in [1.54, 1.807) is 18.3 Å². The molecule has 0 unspecified atom stereocenters. The molecule has 1 aromatic rings. The Morgan fingerprint density at radius 1 is 1.56 bits per heavy atom. The van der Waals surface area contributed by atoms with E-state index in [1.807, 2.05) is 20.8 Å². The van der Waals surface area contributed by atoms with Crippen molar-refractivity contribution in [2.75, 3.05) is 5.32 Å². The molecule has 16 heavy (non-hydrogen) atoms. The zero-order valence-corrected chi connectivity index (χ0v) is 11.2. The van der Waals surface area contributed by atoms with E-state index in [4.69, 9.17) is 5.73 Å². The first kappa shape index (κ1) is 13.1. The molecule has 0 saturated heterocycles. The van der Waals surface area contributed by atoms with Crippen molar-refractivity contribution < 1.29 is 4.79 Å². The number of amides is 1. The third-order valence-electron chi connectivity index (χ3n) is 2.23. The number of halogens is 1. The largest absolute Gasteiger partial charge is 0.322 e. The van der Waals surface area contributed by atoms with Gasteiger partial charge in [-0.1, -0.05) is 20.8 Å². The molecule has 1 aromatic heterocycles. The SMILES string of the molecule is CC(C)(C)[C@H](N)C(=O)Nc1cccnc1Br. The molecule has 1 atom stereocenters. The van der Waals surface area contributed by atoms with E-state index in [9.17, 15) is 4.79 Å². The minimum absolute atomic E-state index is 0.207. The number of aromatic nitrogens is 1. The molecule has 1 rings (SSSR count). The average Bonchev–Trinajstić information content (AvgIpc) is 2.19. The lowest BCUT2D eigenvalue weighted by Crippen LogP contribution is -2.45. The third kappa shape index (κ3) is 3.28. The molecule has 0 radical (unpaired) electrons. The maximum atomic E-state index is 11.8. The molecule has 1 heterocycles. The van der Waals surface area contributed by atoms with E-state index in [-0.39, 0.29) is 11.3 Å². The zero-order valence-electron chi connectivity index (χ0n) is 9.62. The molecule has 0 saturated carbocycles. The summed E-state index contributed by atoms with van der Waals surface area (Å²) in [6.07, 6.45) is 1.64. The van der Waals surface area contributed by atoms with Crippen LogP contribution in [0.2, 0.25) is 0 Å². The van der Waals surface area contributed by atoms with Gasteiger partial charge in [0.05, 0.1) is 11.7 Å². The lowest BCUT2D eigenvalue weighted by Gasteiger charge is -2.25. The number of hydrogen-bond acceptors (Lipinski definition) is 3. The Bertz CT molecular complexity index is 387. The van der Waals surface area contributed by atoms with Gasteiger partial charge in [-0.3, -0.25) is 4.79 Å². The lowest BCUT2D eigenvalue weighted by atomic mass is 9.87. The van der Waals surface area contributed by atoms with Crippen LogP contribution in [0.15, 0.2) is 22.9 Å². The molecule has 88 valence electrons. The quantitative estimate of drug-likeness (QED) is 0.819. The van der Waals surface area contributed by atoms with Crippen molar-refractivity contribution in [2.24, 2.45) is 11.1 Å². The van der Waals surface area contributed by atoms with Crippen molar-refractivity contribution in [2.45, 2.75) is 26.8 Å². The van der Waals surface area contributed by atoms with Gasteiger partial charge in [0.2, 0.25) is 5.91 Å². The predicted octanol–water partition coefficient (Wildman–Crippen LogP) is 2.16. The maximum absolute atomic E-state index is 11.8. The Hall–Kier alpha value is -0.940. The molecule has 0 aliphatic heterocycles. The van der Waals surface area contributed by atoms with Crippen LogP contribution in [0.5, 0.6) is 0 Å². The second-order valence-corrected chi connectivity index (χ2v) is 5.43. The highest BCUT2D eigenvalue weighted by Crippen LogP contribution is 2.22. The Kier molecular flexibility index (Phi) is 4.04. The van der Waals surface area contributed by atoms with E-state index in [0.717, 1.165) is 0 Å². The summed E-state index contributed by atoms with van der Waals surface area (Å²) in [6, 6.07) is 2.97. The van der Waals surface area contributed by atoms with Crippen molar-refractivity contribution in [1.29, 1.82) is 0 Å². The van der Waals surface area contributed by atoms with E-state index in [1.165, 1.54) is 0 Å². The van der Waals surface area contributed by atoms with E-state index in [0.29, 0.717) is 10.3 Å². The first-order valence-electron chi connectivity index (χ1n) is 4.99. The van der Waals surface area contributed by atoms with Gasteiger partial charge in [-0.15, -0.1) is 0 Å². The molecular weight excluding hydrogens is 270 g/mol. The summed E-state index contributed by atoms with van der Waals surface area (Å²) < 4.78 is 0.601. The van der Waals surface area contributed by atoms with Crippen LogP contribution < -0.4 is 11.1 Å². The molecule has 0 aromatic carbocycles. The van der Waals surface area contributed by atoms with Crippen molar-refractivity contribution in [3.8, 4) is 0 Å². The van der Waals surface area contributed by atoms with Crippen molar-refractivity contribution in [3.05, 3.63) is 22.9 Å². The van der Waals surface area contributed by atoms with Gasteiger partial charge in [-0.05, 0) is 33.5 Å². The highest BCUT2D eigenvalue weighted by Gasteiger charge is 2.27. The van der Waals surface area contributed by atoms with Crippen LogP contribution in [-0.2, 0) is 4.79 Å². The number of nitrogens with two attached hydrogens (primary N) is 1. The Balaban J connectivity index is 2.76. The summed E-state index contributed by atoms with van der Waals surface area (Å²) in [4.78, 5) is 15.8. The minimum atomic E-state index is -0.556. The second-order valence-electron chi connectivity index (χ2n) is 4.67. The number of pyridine rings is 1. The van der Waals surface area contributed by atoms with Crippen molar-refractivity contribution in [1.82, 2.24) is 4.98 Å². The smallest absolute Gasteiger partial charge is 0.241 e. The summed E-state index contributed by atoms with van der Waals surface area (Å²) in [6.45, 7) is 5.78. The van der Waals surface area contributed by atoms with Crippen LogP contribution in [0.3, 0.4) is 0 Å².